The Morgan fingerprint density at radius 2 is 2.00 bits per heavy atom. The first-order chi connectivity index (χ1) is 11.7. The van der Waals surface area contributed by atoms with Crippen LogP contribution in [-0.2, 0) is 11.3 Å². The van der Waals surface area contributed by atoms with Crippen molar-refractivity contribution in [3.63, 3.8) is 0 Å². The minimum absolute atomic E-state index is 0.198. The van der Waals surface area contributed by atoms with E-state index in [9.17, 15) is 4.39 Å². The minimum atomic E-state index is -0.198. The molecule has 1 aromatic carbocycles. The molecule has 0 aliphatic carbocycles. The molecule has 2 heterocycles. The lowest BCUT2D eigenvalue weighted by Crippen LogP contribution is -2.34. The molecule has 3 rings (SSSR count). The van der Waals surface area contributed by atoms with E-state index in [1.807, 2.05) is 17.0 Å². The molecule has 1 fully saturated rings. The predicted molar refractivity (Wildman–Crippen MR) is 90.9 cm³/mol. The number of aromatic nitrogens is 3. The van der Waals surface area contributed by atoms with Crippen LogP contribution in [0.5, 0.6) is 0 Å². The van der Waals surface area contributed by atoms with Crippen molar-refractivity contribution in [2.24, 2.45) is 0 Å². The molecule has 0 radical (unpaired) electrons. The van der Waals surface area contributed by atoms with Gasteiger partial charge in [0.1, 0.15) is 11.5 Å². The maximum atomic E-state index is 12.9. The van der Waals surface area contributed by atoms with E-state index in [4.69, 9.17) is 4.74 Å². The van der Waals surface area contributed by atoms with Gasteiger partial charge in [0.15, 0.2) is 0 Å². The molecule has 1 aliphatic rings. The number of likely N-dealkylation sites (tertiary alicyclic amines) is 1. The van der Waals surface area contributed by atoms with E-state index in [2.05, 4.69) is 21.3 Å². The van der Waals surface area contributed by atoms with Gasteiger partial charge in [-0.25, -0.2) is 9.07 Å². The average molecular weight is 330 g/mol. The van der Waals surface area contributed by atoms with E-state index in [0.29, 0.717) is 12.6 Å². The van der Waals surface area contributed by atoms with Crippen LogP contribution < -0.4 is 0 Å². The second-order valence-corrected chi connectivity index (χ2v) is 6.11. The summed E-state index contributed by atoms with van der Waals surface area (Å²) in [7, 11) is 1.66. The molecule has 0 amide bonds. The van der Waals surface area contributed by atoms with Crippen LogP contribution in [0.3, 0.4) is 0 Å². The molecular formula is C18H23FN4O. The Kier molecular flexibility index (Phi) is 5.72. The molecule has 0 N–H and O–H groups in total. The third-order valence-electron chi connectivity index (χ3n) is 4.33. The fourth-order valence-corrected chi connectivity index (χ4v) is 2.98. The Labute approximate surface area is 141 Å². The molecule has 128 valence electrons. The summed E-state index contributed by atoms with van der Waals surface area (Å²) in [5.74, 6) is -0.198. The van der Waals surface area contributed by atoms with Crippen molar-refractivity contribution in [2.75, 3.05) is 26.7 Å². The van der Waals surface area contributed by atoms with E-state index >= 15 is 0 Å². The highest BCUT2D eigenvalue weighted by Gasteiger charge is 2.20. The summed E-state index contributed by atoms with van der Waals surface area (Å²) in [6, 6.07) is 6.98. The SMILES string of the molecule is COCc1cn(C2CCN(CC=Cc3ccc(F)cc3)CC2)nn1. The van der Waals surface area contributed by atoms with E-state index < -0.39 is 0 Å². The van der Waals surface area contributed by atoms with Crippen LogP contribution in [-0.4, -0.2) is 46.6 Å². The molecule has 24 heavy (non-hydrogen) atoms. The monoisotopic (exact) mass is 330 g/mol. The number of nitrogens with zero attached hydrogens (tertiary/aromatic N) is 4. The topological polar surface area (TPSA) is 43.2 Å². The van der Waals surface area contributed by atoms with E-state index in [0.717, 1.165) is 43.7 Å². The van der Waals surface area contributed by atoms with Gasteiger partial charge in [-0.05, 0) is 30.5 Å². The van der Waals surface area contributed by atoms with Crippen molar-refractivity contribution in [2.45, 2.75) is 25.5 Å². The Morgan fingerprint density at radius 3 is 2.71 bits per heavy atom. The second kappa shape index (κ2) is 8.17. The fourth-order valence-electron chi connectivity index (χ4n) is 2.98. The predicted octanol–water partition coefficient (Wildman–Crippen LogP) is 2.91. The van der Waals surface area contributed by atoms with Crippen molar-refractivity contribution in [1.29, 1.82) is 0 Å². The van der Waals surface area contributed by atoms with Gasteiger partial charge in [-0.1, -0.05) is 29.5 Å². The minimum Gasteiger partial charge on any atom is -0.378 e. The summed E-state index contributed by atoms with van der Waals surface area (Å²) in [5.41, 5.74) is 1.90. The number of rotatable bonds is 6. The zero-order valence-electron chi connectivity index (χ0n) is 13.9. The molecule has 1 aromatic heterocycles. The number of hydrogen-bond acceptors (Lipinski definition) is 4. The van der Waals surface area contributed by atoms with Gasteiger partial charge < -0.3 is 4.74 Å². The summed E-state index contributed by atoms with van der Waals surface area (Å²) < 4.78 is 19.9. The quantitative estimate of drug-likeness (QED) is 0.817. The zero-order valence-corrected chi connectivity index (χ0v) is 13.9. The first kappa shape index (κ1) is 16.8. The summed E-state index contributed by atoms with van der Waals surface area (Å²) in [4.78, 5) is 2.42. The van der Waals surface area contributed by atoms with Crippen molar-refractivity contribution in [3.8, 4) is 0 Å². The Hall–Kier alpha value is -2.05. The molecule has 0 saturated carbocycles. The maximum absolute atomic E-state index is 12.9. The van der Waals surface area contributed by atoms with E-state index in [-0.39, 0.29) is 5.82 Å². The third-order valence-corrected chi connectivity index (χ3v) is 4.33. The smallest absolute Gasteiger partial charge is 0.123 e. The maximum Gasteiger partial charge on any atom is 0.123 e. The largest absolute Gasteiger partial charge is 0.378 e. The molecule has 0 spiro atoms. The first-order valence-corrected chi connectivity index (χ1v) is 8.28. The summed E-state index contributed by atoms with van der Waals surface area (Å²) in [6.45, 7) is 3.50. The molecule has 1 aliphatic heterocycles. The number of piperidine rings is 1. The molecule has 5 nitrogen and oxygen atoms in total. The zero-order chi connectivity index (χ0) is 16.8. The molecule has 0 atom stereocenters. The highest BCUT2D eigenvalue weighted by molar-refractivity contribution is 5.48. The van der Waals surface area contributed by atoms with Crippen LogP contribution in [0.25, 0.3) is 6.08 Å². The molecular weight excluding hydrogens is 307 g/mol. The molecule has 2 aromatic rings. The van der Waals surface area contributed by atoms with Gasteiger partial charge in [0.2, 0.25) is 0 Å². The highest BCUT2D eigenvalue weighted by Crippen LogP contribution is 2.21. The lowest BCUT2D eigenvalue weighted by molar-refractivity contribution is 0.181. The summed E-state index contributed by atoms with van der Waals surface area (Å²) in [6.07, 6.45) is 8.30. The highest BCUT2D eigenvalue weighted by atomic mass is 19.1. The number of methoxy groups -OCH3 is 1. The van der Waals surface area contributed by atoms with Crippen LogP contribution in [0.2, 0.25) is 0 Å². The lowest BCUT2D eigenvalue weighted by Gasteiger charge is -2.30. The van der Waals surface area contributed by atoms with Gasteiger partial charge in [0.05, 0.1) is 18.8 Å². The van der Waals surface area contributed by atoms with E-state index in [1.54, 1.807) is 19.2 Å². The average Bonchev–Trinajstić information content (AvgIpc) is 3.06. The van der Waals surface area contributed by atoms with Crippen molar-refractivity contribution < 1.29 is 9.13 Å². The van der Waals surface area contributed by atoms with E-state index in [1.165, 1.54) is 12.1 Å². The fraction of sp³-hybridized carbons (Fsp3) is 0.444. The van der Waals surface area contributed by atoms with Crippen molar-refractivity contribution >= 4 is 6.08 Å². The van der Waals surface area contributed by atoms with Crippen LogP contribution >= 0.6 is 0 Å². The number of benzene rings is 1. The van der Waals surface area contributed by atoms with Gasteiger partial charge in [-0.3, -0.25) is 4.90 Å². The summed E-state index contributed by atoms with van der Waals surface area (Å²) in [5, 5.41) is 8.34. The molecule has 6 heteroatoms. The van der Waals surface area contributed by atoms with Crippen LogP contribution in [0.1, 0.15) is 30.1 Å². The Balaban J connectivity index is 1.45. The number of halogens is 1. The van der Waals surface area contributed by atoms with Gasteiger partial charge in [0, 0.05) is 26.7 Å². The number of hydrogen-bond donors (Lipinski definition) is 0. The Bertz CT molecular complexity index is 660. The van der Waals surface area contributed by atoms with Gasteiger partial charge >= 0.3 is 0 Å². The second-order valence-electron chi connectivity index (χ2n) is 6.11. The normalized spacial score (nSPS) is 16.9. The lowest BCUT2D eigenvalue weighted by atomic mass is 10.1. The van der Waals surface area contributed by atoms with Gasteiger partial charge in [-0.15, -0.1) is 5.10 Å². The molecule has 0 unspecified atom stereocenters. The van der Waals surface area contributed by atoms with Gasteiger partial charge in [-0.2, -0.15) is 0 Å². The summed E-state index contributed by atoms with van der Waals surface area (Å²) >= 11 is 0. The third kappa shape index (κ3) is 4.49. The molecule has 1 saturated heterocycles. The van der Waals surface area contributed by atoms with Crippen molar-refractivity contribution in [3.05, 3.63) is 53.6 Å². The van der Waals surface area contributed by atoms with Crippen LogP contribution in [0.4, 0.5) is 4.39 Å². The number of ether oxygens (including phenoxy) is 1. The van der Waals surface area contributed by atoms with Crippen LogP contribution in [0.15, 0.2) is 36.5 Å². The molecule has 0 bridgehead atoms. The van der Waals surface area contributed by atoms with Crippen molar-refractivity contribution in [1.82, 2.24) is 19.9 Å². The van der Waals surface area contributed by atoms with Crippen LogP contribution in [0, 0.1) is 5.82 Å². The Morgan fingerprint density at radius 1 is 1.25 bits per heavy atom. The van der Waals surface area contributed by atoms with Gasteiger partial charge in [0.25, 0.3) is 0 Å². The standard InChI is InChI=1S/C18H23FN4O/c1-24-14-17-13-23(21-20-17)18-8-11-22(12-9-18)10-2-3-15-4-6-16(19)7-5-15/h2-7,13,18H,8-12,14H2,1H3. The first-order valence-electron chi connectivity index (χ1n) is 8.28.